The van der Waals surface area contributed by atoms with Gasteiger partial charge in [-0.05, 0) is 44.5 Å². The van der Waals surface area contributed by atoms with Gasteiger partial charge in [-0.3, -0.25) is 4.79 Å². The van der Waals surface area contributed by atoms with Gasteiger partial charge in [0.25, 0.3) is 0 Å². The average molecular weight is 381 g/mol. The third-order valence-electron chi connectivity index (χ3n) is 5.04. The van der Waals surface area contributed by atoms with Crippen molar-refractivity contribution in [3.63, 3.8) is 0 Å². The number of hydrogen-bond donors (Lipinski definition) is 2. The van der Waals surface area contributed by atoms with Crippen molar-refractivity contribution in [1.82, 2.24) is 15.3 Å². The van der Waals surface area contributed by atoms with Crippen LogP contribution in [-0.2, 0) is 19.1 Å². The largest absolute Gasteiger partial charge is 0.462 e. The monoisotopic (exact) mass is 381 g/mol. The Morgan fingerprint density at radius 2 is 2.29 bits per heavy atom. The molecule has 1 saturated heterocycles. The van der Waals surface area contributed by atoms with Gasteiger partial charge < -0.3 is 19.8 Å². The molecule has 2 aromatic rings. The zero-order chi connectivity index (χ0) is 19.5. The minimum atomic E-state index is -0.627. The zero-order valence-corrected chi connectivity index (χ0v) is 15.8. The lowest BCUT2D eigenvalue weighted by atomic mass is 10.0. The fourth-order valence-electron chi connectivity index (χ4n) is 3.68. The number of ether oxygens (including phenoxy) is 2. The number of fused-ring (bicyclic) bond motifs is 1. The van der Waals surface area contributed by atoms with Crippen molar-refractivity contribution >= 4 is 28.9 Å². The fraction of sp³-hybridized carbons (Fsp3) is 0.381. The summed E-state index contributed by atoms with van der Waals surface area (Å²) in [4.78, 5) is 32.9. The molecule has 0 aliphatic carbocycles. The number of allylic oxidation sites excluding steroid dienone is 1. The molecule has 0 saturated carbocycles. The SMILES string of the molecule is CCOC(=O)C1=C(C2CCCCCN2)OC(=Cc2c[nH]c3ncccc23)C1=O. The van der Waals surface area contributed by atoms with Gasteiger partial charge in [-0.1, -0.05) is 12.8 Å². The maximum atomic E-state index is 13.0. The number of nitrogens with one attached hydrogen (secondary N) is 2. The number of esters is 1. The molecule has 2 aliphatic heterocycles. The van der Waals surface area contributed by atoms with Crippen molar-refractivity contribution in [2.24, 2.45) is 0 Å². The summed E-state index contributed by atoms with van der Waals surface area (Å²) in [5.41, 5.74) is 1.51. The van der Waals surface area contributed by atoms with Crippen LogP contribution in [0.5, 0.6) is 0 Å². The molecule has 2 aromatic heterocycles. The topological polar surface area (TPSA) is 93.3 Å². The van der Waals surface area contributed by atoms with Crippen LogP contribution >= 0.6 is 0 Å². The summed E-state index contributed by atoms with van der Waals surface area (Å²) in [7, 11) is 0. The van der Waals surface area contributed by atoms with Crippen LogP contribution in [0.4, 0.5) is 0 Å². The zero-order valence-electron chi connectivity index (χ0n) is 15.8. The smallest absolute Gasteiger partial charge is 0.345 e. The first kappa shape index (κ1) is 18.4. The number of hydrogen-bond acceptors (Lipinski definition) is 6. The van der Waals surface area contributed by atoms with Gasteiger partial charge in [0.1, 0.15) is 11.4 Å². The van der Waals surface area contributed by atoms with Gasteiger partial charge >= 0.3 is 5.97 Å². The van der Waals surface area contributed by atoms with Crippen molar-refractivity contribution in [2.75, 3.05) is 13.2 Å². The molecule has 0 aromatic carbocycles. The Kier molecular flexibility index (Phi) is 5.25. The Balaban J connectivity index is 1.70. The molecule has 4 heterocycles. The number of ketones is 1. The molecule has 1 fully saturated rings. The molecule has 7 nitrogen and oxygen atoms in total. The highest BCUT2D eigenvalue weighted by Gasteiger charge is 2.39. The number of pyridine rings is 1. The lowest BCUT2D eigenvalue weighted by Gasteiger charge is -2.17. The Bertz CT molecular complexity index is 965. The Hall–Kier alpha value is -2.93. The van der Waals surface area contributed by atoms with Crippen LogP contribution in [-0.4, -0.2) is 40.9 Å². The number of carbonyl (C=O) groups is 2. The number of aromatic nitrogens is 2. The highest BCUT2D eigenvalue weighted by molar-refractivity contribution is 6.26. The van der Waals surface area contributed by atoms with Crippen molar-refractivity contribution in [3.05, 3.63) is 47.2 Å². The van der Waals surface area contributed by atoms with E-state index in [1.54, 1.807) is 25.4 Å². The molecule has 0 amide bonds. The lowest BCUT2D eigenvalue weighted by Crippen LogP contribution is -2.31. The summed E-state index contributed by atoms with van der Waals surface area (Å²) in [5.74, 6) is -0.543. The van der Waals surface area contributed by atoms with Crippen LogP contribution in [0.1, 0.15) is 38.2 Å². The van der Waals surface area contributed by atoms with E-state index in [0.29, 0.717) is 5.76 Å². The second-order valence-corrected chi connectivity index (χ2v) is 6.90. The lowest BCUT2D eigenvalue weighted by molar-refractivity contribution is -0.139. The first-order chi connectivity index (χ1) is 13.7. The van der Waals surface area contributed by atoms with Crippen molar-refractivity contribution < 1.29 is 19.1 Å². The number of carbonyl (C=O) groups excluding carboxylic acids is 2. The fourth-order valence-corrected chi connectivity index (χ4v) is 3.68. The molecule has 4 rings (SSSR count). The van der Waals surface area contributed by atoms with Gasteiger partial charge in [-0.2, -0.15) is 0 Å². The predicted molar refractivity (Wildman–Crippen MR) is 104 cm³/mol. The highest BCUT2D eigenvalue weighted by atomic mass is 16.5. The molecule has 0 radical (unpaired) electrons. The van der Waals surface area contributed by atoms with Crippen LogP contribution in [0.15, 0.2) is 41.6 Å². The summed E-state index contributed by atoms with van der Waals surface area (Å²) < 4.78 is 11.1. The summed E-state index contributed by atoms with van der Waals surface area (Å²) in [6.45, 7) is 2.75. The third kappa shape index (κ3) is 3.45. The third-order valence-corrected chi connectivity index (χ3v) is 5.04. The molecule has 0 spiro atoms. The quantitative estimate of drug-likeness (QED) is 0.481. The maximum Gasteiger partial charge on any atom is 0.345 e. The van der Waals surface area contributed by atoms with Crippen LogP contribution in [0.25, 0.3) is 17.1 Å². The van der Waals surface area contributed by atoms with E-state index >= 15 is 0 Å². The average Bonchev–Trinajstić information content (AvgIpc) is 3.12. The molecule has 1 atom stereocenters. The molecule has 1 unspecified atom stereocenters. The normalized spacial score (nSPS) is 21.8. The minimum absolute atomic E-state index is 0.00506. The summed E-state index contributed by atoms with van der Waals surface area (Å²) in [6, 6.07) is 3.58. The molecular formula is C21H23N3O4. The van der Waals surface area contributed by atoms with Gasteiger partial charge in [0.15, 0.2) is 11.3 Å². The van der Waals surface area contributed by atoms with Gasteiger partial charge in [0.05, 0.1) is 12.6 Å². The Morgan fingerprint density at radius 3 is 3.14 bits per heavy atom. The second-order valence-electron chi connectivity index (χ2n) is 6.90. The van der Waals surface area contributed by atoms with Crippen LogP contribution in [0, 0.1) is 0 Å². The maximum absolute atomic E-state index is 13.0. The molecular weight excluding hydrogens is 358 g/mol. The molecule has 2 N–H and O–H groups in total. The summed E-state index contributed by atoms with van der Waals surface area (Å²) in [5, 5.41) is 4.27. The molecule has 0 bridgehead atoms. The second kappa shape index (κ2) is 7.98. The summed E-state index contributed by atoms with van der Waals surface area (Å²) >= 11 is 0. The van der Waals surface area contributed by atoms with Crippen LogP contribution < -0.4 is 5.32 Å². The van der Waals surface area contributed by atoms with Gasteiger partial charge in [-0.15, -0.1) is 0 Å². The van der Waals surface area contributed by atoms with E-state index in [9.17, 15) is 9.59 Å². The molecule has 146 valence electrons. The van der Waals surface area contributed by atoms with Crippen molar-refractivity contribution in [2.45, 2.75) is 38.6 Å². The van der Waals surface area contributed by atoms with E-state index < -0.39 is 11.8 Å². The van der Waals surface area contributed by atoms with Gasteiger partial charge in [0, 0.05) is 23.3 Å². The van der Waals surface area contributed by atoms with Crippen molar-refractivity contribution in [1.29, 1.82) is 0 Å². The summed E-state index contributed by atoms with van der Waals surface area (Å²) in [6.07, 6.45) is 9.14. The van der Waals surface area contributed by atoms with E-state index in [-0.39, 0.29) is 24.0 Å². The number of Topliss-reactive ketones (excluding diaryl/α,β-unsaturated/α-hetero) is 1. The highest BCUT2D eigenvalue weighted by Crippen LogP contribution is 2.32. The van der Waals surface area contributed by atoms with E-state index in [4.69, 9.17) is 9.47 Å². The van der Waals surface area contributed by atoms with E-state index in [1.807, 2.05) is 12.1 Å². The molecule has 7 heteroatoms. The molecule has 2 aliphatic rings. The van der Waals surface area contributed by atoms with E-state index in [2.05, 4.69) is 15.3 Å². The standard InChI is InChI=1S/C21H23N3O4/c1-2-27-21(26)17-18(25)16(28-19(17)15-8-4-3-5-9-22-15)11-13-12-24-20-14(13)7-6-10-23-20/h6-7,10-12,15,22H,2-5,8-9H2,1H3,(H,23,24). The number of rotatable bonds is 4. The van der Waals surface area contributed by atoms with E-state index in [0.717, 1.165) is 48.8 Å². The predicted octanol–water partition coefficient (Wildman–Crippen LogP) is 2.85. The number of H-pyrrole nitrogens is 1. The minimum Gasteiger partial charge on any atom is -0.462 e. The first-order valence-electron chi connectivity index (χ1n) is 9.70. The number of nitrogens with zero attached hydrogens (tertiary/aromatic N) is 1. The Labute approximate surface area is 162 Å². The van der Waals surface area contributed by atoms with Crippen LogP contribution in [0.3, 0.4) is 0 Å². The number of aromatic amines is 1. The van der Waals surface area contributed by atoms with Crippen LogP contribution in [0.2, 0.25) is 0 Å². The van der Waals surface area contributed by atoms with Gasteiger partial charge in [-0.25, -0.2) is 9.78 Å². The molecule has 28 heavy (non-hydrogen) atoms. The Morgan fingerprint density at radius 1 is 1.39 bits per heavy atom. The first-order valence-corrected chi connectivity index (χ1v) is 9.70. The van der Waals surface area contributed by atoms with Gasteiger partial charge in [0.2, 0.25) is 5.78 Å². The van der Waals surface area contributed by atoms with E-state index in [1.165, 1.54) is 0 Å². The van der Waals surface area contributed by atoms with Crippen molar-refractivity contribution in [3.8, 4) is 0 Å².